The summed E-state index contributed by atoms with van der Waals surface area (Å²) < 4.78 is 22.7. The first-order valence-electron chi connectivity index (χ1n) is 24.5. The average molecular weight is 910 g/mol. The van der Waals surface area contributed by atoms with Crippen molar-refractivity contribution in [3.8, 4) is 0 Å². The lowest BCUT2D eigenvalue weighted by Gasteiger charge is -2.46. The third kappa shape index (κ3) is 23.9. The highest BCUT2D eigenvalue weighted by atomic mass is 16.7. The Morgan fingerprint density at radius 2 is 1.08 bits per heavy atom. The van der Waals surface area contributed by atoms with E-state index < -0.39 is 86.8 Å². The maximum atomic E-state index is 13.1. The highest BCUT2D eigenvalue weighted by molar-refractivity contribution is 5.76. The first kappa shape index (κ1) is 57.8. The third-order valence-corrected chi connectivity index (χ3v) is 11.7. The Kier molecular flexibility index (Phi) is 33.2. The molecule has 0 bridgehead atoms. The van der Waals surface area contributed by atoms with Crippen molar-refractivity contribution in [2.45, 2.75) is 229 Å². The number of unbranched alkanes of at least 4 members (excludes halogenated alkanes) is 13. The highest BCUT2D eigenvalue weighted by Gasteiger charge is 2.51. The molecule has 0 aromatic rings. The van der Waals surface area contributed by atoms with Crippen molar-refractivity contribution in [2.24, 2.45) is 0 Å². The summed E-state index contributed by atoms with van der Waals surface area (Å²) in [7, 11) is 0. The van der Waals surface area contributed by atoms with Crippen LogP contribution in [-0.4, -0.2) is 140 Å². The molecule has 2 rings (SSSR count). The Morgan fingerprint density at radius 3 is 1.66 bits per heavy atom. The molecule has 0 aromatic heterocycles. The lowest BCUT2D eigenvalue weighted by Crippen LogP contribution is -2.65. The number of aliphatic hydroxyl groups is 8. The Morgan fingerprint density at radius 1 is 0.578 bits per heavy atom. The van der Waals surface area contributed by atoms with Gasteiger partial charge in [0.15, 0.2) is 12.6 Å². The van der Waals surface area contributed by atoms with Gasteiger partial charge in [-0.3, -0.25) is 4.79 Å². The highest BCUT2D eigenvalue weighted by Crippen LogP contribution is 2.30. The number of aliphatic hydroxyl groups excluding tert-OH is 8. The van der Waals surface area contributed by atoms with Gasteiger partial charge in [0.05, 0.1) is 32.0 Å². The van der Waals surface area contributed by atoms with Crippen molar-refractivity contribution in [3.63, 3.8) is 0 Å². The first-order chi connectivity index (χ1) is 31.1. The van der Waals surface area contributed by atoms with Gasteiger partial charge in [-0.1, -0.05) is 152 Å². The zero-order chi connectivity index (χ0) is 46.8. The Bertz CT molecular complexity index is 1310. The number of hydrogen-bond acceptors (Lipinski definition) is 13. The number of ether oxygens (including phenoxy) is 4. The third-order valence-electron chi connectivity index (χ3n) is 11.7. The molecule has 0 spiro atoms. The minimum absolute atomic E-state index is 0.232. The molecule has 370 valence electrons. The predicted octanol–water partition coefficient (Wildman–Crippen LogP) is 5.88. The maximum absolute atomic E-state index is 13.1. The summed E-state index contributed by atoms with van der Waals surface area (Å²) in [6.45, 7) is 2.67. The van der Waals surface area contributed by atoms with Gasteiger partial charge in [-0.2, -0.15) is 0 Å². The van der Waals surface area contributed by atoms with E-state index in [2.05, 4.69) is 79.9 Å². The molecule has 0 aromatic carbocycles. The molecule has 12 atom stereocenters. The number of carbonyl (C=O) groups is 1. The van der Waals surface area contributed by atoms with Gasteiger partial charge < -0.3 is 65.1 Å². The monoisotopic (exact) mass is 910 g/mol. The fraction of sp³-hybridized carbons (Fsp3) is 0.780. The maximum Gasteiger partial charge on any atom is 0.220 e. The number of rotatable bonds is 36. The standard InChI is InChI=1S/C50H87NO13/c1-3-5-7-9-11-13-14-15-16-17-18-19-20-21-22-23-24-26-28-30-32-34-42(55)51-38(39(54)33-31-29-27-25-12-10-8-6-4-2)37-61-49-47(60)45(58)48(41(36-53)63-49)64-50-46(59)44(57)43(56)40(35-52)62-50/h5,7,11,13,15-16,18-19,21-22,38-41,43-50,52-54,56-60H,3-4,6,8-10,12,14,17,20,23-37H2,1-2H3,(H,51,55)/b7-5-,13-11-,16-15-,19-18-,22-21-. The smallest absolute Gasteiger partial charge is 0.220 e. The van der Waals surface area contributed by atoms with Crippen molar-refractivity contribution >= 4 is 5.91 Å². The van der Waals surface area contributed by atoms with Crippen LogP contribution in [0, 0.1) is 0 Å². The van der Waals surface area contributed by atoms with E-state index in [9.17, 15) is 45.6 Å². The van der Waals surface area contributed by atoms with Gasteiger partial charge in [-0.25, -0.2) is 0 Å². The number of amides is 1. The summed E-state index contributed by atoms with van der Waals surface area (Å²) in [6.07, 6.45) is 26.6. The quantitative estimate of drug-likeness (QED) is 0.0265. The second-order valence-corrected chi connectivity index (χ2v) is 17.2. The molecule has 2 heterocycles. The molecule has 2 saturated heterocycles. The fourth-order valence-corrected chi connectivity index (χ4v) is 7.73. The molecule has 1 amide bonds. The van der Waals surface area contributed by atoms with Gasteiger partial charge in [-0.05, 0) is 57.8 Å². The molecule has 64 heavy (non-hydrogen) atoms. The predicted molar refractivity (Wildman–Crippen MR) is 249 cm³/mol. The number of allylic oxidation sites excluding steroid dienone is 10. The van der Waals surface area contributed by atoms with Crippen molar-refractivity contribution in [2.75, 3.05) is 19.8 Å². The average Bonchev–Trinajstić information content (AvgIpc) is 3.29. The largest absolute Gasteiger partial charge is 0.394 e. The SMILES string of the molecule is CC/C=C\C/C=C\C/C=C\C/C=C\C/C=C\CCCCCCCC(=O)NC(COC1OC(CO)C(OC2OC(CO)C(O)C(O)C2O)C(O)C1O)C(O)CCCCCCCCCCC. The van der Waals surface area contributed by atoms with E-state index in [1.54, 1.807) is 0 Å². The zero-order valence-corrected chi connectivity index (χ0v) is 39.0. The second-order valence-electron chi connectivity index (χ2n) is 17.2. The summed E-state index contributed by atoms with van der Waals surface area (Å²) in [5.74, 6) is -0.232. The van der Waals surface area contributed by atoms with Gasteiger partial charge >= 0.3 is 0 Å². The Hall–Kier alpha value is -2.31. The van der Waals surface area contributed by atoms with E-state index >= 15 is 0 Å². The van der Waals surface area contributed by atoms with E-state index in [1.165, 1.54) is 32.1 Å². The van der Waals surface area contributed by atoms with E-state index in [4.69, 9.17) is 18.9 Å². The van der Waals surface area contributed by atoms with Crippen LogP contribution in [0.2, 0.25) is 0 Å². The van der Waals surface area contributed by atoms with Gasteiger partial charge in [0, 0.05) is 6.42 Å². The van der Waals surface area contributed by atoms with Crippen molar-refractivity contribution in [3.05, 3.63) is 60.8 Å². The summed E-state index contributed by atoms with van der Waals surface area (Å²) in [5.41, 5.74) is 0. The second kappa shape index (κ2) is 36.8. The van der Waals surface area contributed by atoms with Crippen LogP contribution >= 0.6 is 0 Å². The Balaban J connectivity index is 1.81. The van der Waals surface area contributed by atoms with Gasteiger partial charge in [-0.15, -0.1) is 0 Å². The molecule has 0 radical (unpaired) electrons. The number of carbonyl (C=O) groups excluding carboxylic acids is 1. The molecule has 0 saturated carbocycles. The van der Waals surface area contributed by atoms with Crippen molar-refractivity contribution in [1.29, 1.82) is 0 Å². The summed E-state index contributed by atoms with van der Waals surface area (Å²) in [6, 6.07) is -0.839. The van der Waals surface area contributed by atoms with E-state index in [-0.39, 0.29) is 18.9 Å². The topological polar surface area (TPSA) is 228 Å². The van der Waals surface area contributed by atoms with Crippen LogP contribution < -0.4 is 5.32 Å². The molecule has 0 aliphatic carbocycles. The summed E-state index contributed by atoms with van der Waals surface area (Å²) in [4.78, 5) is 13.1. The van der Waals surface area contributed by atoms with Crippen molar-refractivity contribution in [1.82, 2.24) is 5.32 Å². The zero-order valence-electron chi connectivity index (χ0n) is 39.0. The summed E-state index contributed by atoms with van der Waals surface area (Å²) in [5, 5.41) is 86.6. The fourth-order valence-electron chi connectivity index (χ4n) is 7.73. The van der Waals surface area contributed by atoms with Crippen LogP contribution in [-0.2, 0) is 23.7 Å². The Labute approximate surface area is 384 Å². The van der Waals surface area contributed by atoms with Crippen LogP contribution in [0.4, 0.5) is 0 Å². The van der Waals surface area contributed by atoms with E-state index in [0.717, 1.165) is 89.9 Å². The molecule has 12 unspecified atom stereocenters. The molecule has 2 aliphatic rings. The first-order valence-corrected chi connectivity index (χ1v) is 24.5. The minimum Gasteiger partial charge on any atom is -0.394 e. The van der Waals surface area contributed by atoms with E-state index in [1.807, 2.05) is 0 Å². The number of hydrogen-bond donors (Lipinski definition) is 9. The molecular formula is C50H87NO13. The number of nitrogens with one attached hydrogen (secondary N) is 1. The normalized spacial score (nSPS) is 27.8. The van der Waals surface area contributed by atoms with Crippen LogP contribution in [0.15, 0.2) is 60.8 Å². The molecule has 14 heteroatoms. The molecule has 14 nitrogen and oxygen atoms in total. The van der Waals surface area contributed by atoms with Gasteiger partial charge in [0.25, 0.3) is 0 Å². The van der Waals surface area contributed by atoms with E-state index in [0.29, 0.717) is 12.8 Å². The summed E-state index contributed by atoms with van der Waals surface area (Å²) >= 11 is 0. The minimum atomic E-state index is -1.78. The van der Waals surface area contributed by atoms with Crippen LogP contribution in [0.25, 0.3) is 0 Å². The molecular weight excluding hydrogens is 823 g/mol. The lowest BCUT2D eigenvalue weighted by molar-refractivity contribution is -0.359. The van der Waals surface area contributed by atoms with Crippen molar-refractivity contribution < 1.29 is 64.6 Å². The lowest BCUT2D eigenvalue weighted by atomic mass is 9.97. The van der Waals surface area contributed by atoms with Crippen LogP contribution in [0.5, 0.6) is 0 Å². The van der Waals surface area contributed by atoms with Crippen LogP contribution in [0.3, 0.4) is 0 Å². The molecule has 2 aliphatic heterocycles. The molecule has 9 N–H and O–H groups in total. The van der Waals surface area contributed by atoms with Gasteiger partial charge in [0.2, 0.25) is 5.91 Å². The molecule has 2 fully saturated rings. The van der Waals surface area contributed by atoms with Crippen LogP contribution in [0.1, 0.15) is 155 Å². The van der Waals surface area contributed by atoms with Gasteiger partial charge in [0.1, 0.15) is 48.8 Å².